The van der Waals surface area contributed by atoms with Gasteiger partial charge in [-0.05, 0) is 18.5 Å². The van der Waals surface area contributed by atoms with Crippen molar-refractivity contribution in [1.29, 1.82) is 0 Å². The van der Waals surface area contributed by atoms with Gasteiger partial charge in [0.25, 0.3) is 0 Å². The molecule has 0 bridgehead atoms. The fourth-order valence-corrected chi connectivity index (χ4v) is 3.46. The van der Waals surface area contributed by atoms with E-state index in [0.717, 1.165) is 12.8 Å². The first-order valence-electron chi connectivity index (χ1n) is 6.74. The fourth-order valence-electron chi connectivity index (χ4n) is 2.13. The molecule has 0 fully saturated rings. The van der Waals surface area contributed by atoms with Gasteiger partial charge in [-0.3, -0.25) is 0 Å². The molecule has 0 saturated heterocycles. The molecular weight excluding hydrogens is 252 g/mol. The standard InChI is InChI=1S/C16H22N2S/c1-16(2,3)15-13(9-10-17)19-14(18-15)11-12-7-5-4-6-8-12/h4-8H,9-11,17H2,1-3H3. The Labute approximate surface area is 119 Å². The Morgan fingerprint density at radius 1 is 1.16 bits per heavy atom. The molecule has 2 nitrogen and oxygen atoms in total. The molecule has 0 atom stereocenters. The number of hydrogen-bond acceptors (Lipinski definition) is 3. The zero-order chi connectivity index (χ0) is 13.9. The average Bonchev–Trinajstić information content (AvgIpc) is 2.74. The van der Waals surface area contributed by atoms with Crippen LogP contribution in [0, 0.1) is 0 Å². The largest absolute Gasteiger partial charge is 0.330 e. The van der Waals surface area contributed by atoms with Gasteiger partial charge in [0, 0.05) is 16.7 Å². The molecule has 0 spiro atoms. The summed E-state index contributed by atoms with van der Waals surface area (Å²) in [6.07, 6.45) is 1.85. The first kappa shape index (κ1) is 14.2. The van der Waals surface area contributed by atoms with Crippen LogP contribution in [-0.2, 0) is 18.3 Å². The van der Waals surface area contributed by atoms with Gasteiger partial charge < -0.3 is 5.73 Å². The van der Waals surface area contributed by atoms with Crippen molar-refractivity contribution in [3.05, 3.63) is 51.5 Å². The highest BCUT2D eigenvalue weighted by Gasteiger charge is 2.22. The van der Waals surface area contributed by atoms with E-state index in [0.29, 0.717) is 6.54 Å². The first-order valence-corrected chi connectivity index (χ1v) is 7.55. The molecule has 0 radical (unpaired) electrons. The molecule has 2 rings (SSSR count). The van der Waals surface area contributed by atoms with Crippen molar-refractivity contribution >= 4 is 11.3 Å². The summed E-state index contributed by atoms with van der Waals surface area (Å²) in [5, 5.41) is 1.19. The summed E-state index contributed by atoms with van der Waals surface area (Å²) in [6, 6.07) is 10.5. The number of nitrogens with zero attached hydrogens (tertiary/aromatic N) is 1. The molecule has 102 valence electrons. The van der Waals surface area contributed by atoms with E-state index in [1.54, 1.807) is 0 Å². The molecule has 3 heteroatoms. The Kier molecular flexibility index (Phi) is 4.38. The minimum atomic E-state index is 0.0932. The zero-order valence-corrected chi connectivity index (χ0v) is 12.8. The number of aromatic nitrogens is 1. The molecule has 2 aromatic rings. The minimum Gasteiger partial charge on any atom is -0.330 e. The Hall–Kier alpha value is -1.19. The highest BCUT2D eigenvalue weighted by molar-refractivity contribution is 7.11. The van der Waals surface area contributed by atoms with E-state index < -0.39 is 0 Å². The number of hydrogen-bond donors (Lipinski definition) is 1. The van der Waals surface area contributed by atoms with Crippen LogP contribution in [0.25, 0.3) is 0 Å². The van der Waals surface area contributed by atoms with Crippen molar-refractivity contribution in [2.24, 2.45) is 5.73 Å². The highest BCUT2D eigenvalue weighted by Crippen LogP contribution is 2.30. The third-order valence-corrected chi connectivity index (χ3v) is 4.14. The van der Waals surface area contributed by atoms with Crippen LogP contribution in [0.15, 0.2) is 30.3 Å². The molecule has 19 heavy (non-hydrogen) atoms. The summed E-state index contributed by atoms with van der Waals surface area (Å²) in [5.41, 5.74) is 8.34. The van der Waals surface area contributed by atoms with Gasteiger partial charge >= 0.3 is 0 Å². The molecule has 1 aromatic carbocycles. The van der Waals surface area contributed by atoms with Crippen molar-refractivity contribution in [2.45, 2.75) is 39.0 Å². The molecular formula is C16H22N2S. The lowest BCUT2D eigenvalue weighted by Gasteiger charge is -2.17. The molecule has 0 unspecified atom stereocenters. The van der Waals surface area contributed by atoms with E-state index in [-0.39, 0.29) is 5.41 Å². The van der Waals surface area contributed by atoms with Gasteiger partial charge in [-0.15, -0.1) is 11.3 Å². The van der Waals surface area contributed by atoms with Gasteiger partial charge in [-0.25, -0.2) is 4.98 Å². The summed E-state index contributed by atoms with van der Waals surface area (Å²) in [4.78, 5) is 6.21. The van der Waals surface area contributed by atoms with Crippen molar-refractivity contribution in [2.75, 3.05) is 6.54 Å². The summed E-state index contributed by atoms with van der Waals surface area (Å²) >= 11 is 1.81. The smallest absolute Gasteiger partial charge is 0.0975 e. The minimum absolute atomic E-state index is 0.0932. The lowest BCUT2D eigenvalue weighted by Crippen LogP contribution is -2.15. The summed E-state index contributed by atoms with van der Waals surface area (Å²) in [6.45, 7) is 7.34. The predicted molar refractivity (Wildman–Crippen MR) is 82.8 cm³/mol. The topological polar surface area (TPSA) is 38.9 Å². The van der Waals surface area contributed by atoms with E-state index in [9.17, 15) is 0 Å². The fraction of sp³-hybridized carbons (Fsp3) is 0.438. The second kappa shape index (κ2) is 5.85. The third kappa shape index (κ3) is 3.64. The maximum Gasteiger partial charge on any atom is 0.0975 e. The number of benzene rings is 1. The Balaban J connectivity index is 2.27. The Bertz CT molecular complexity index is 523. The second-order valence-electron chi connectivity index (χ2n) is 5.83. The highest BCUT2D eigenvalue weighted by atomic mass is 32.1. The predicted octanol–water partition coefficient (Wildman–Crippen LogP) is 3.53. The first-order chi connectivity index (χ1) is 9.00. The number of thiazole rings is 1. The molecule has 0 aliphatic carbocycles. The molecule has 0 amide bonds. The van der Waals surface area contributed by atoms with Crippen molar-refractivity contribution in [1.82, 2.24) is 4.98 Å². The van der Waals surface area contributed by atoms with Crippen LogP contribution in [0.5, 0.6) is 0 Å². The van der Waals surface area contributed by atoms with Crippen LogP contribution >= 0.6 is 11.3 Å². The maximum absolute atomic E-state index is 5.71. The van der Waals surface area contributed by atoms with E-state index in [1.807, 2.05) is 17.4 Å². The Morgan fingerprint density at radius 3 is 2.42 bits per heavy atom. The van der Waals surface area contributed by atoms with Gasteiger partial charge in [0.1, 0.15) is 0 Å². The summed E-state index contributed by atoms with van der Waals surface area (Å²) in [7, 11) is 0. The van der Waals surface area contributed by atoms with Gasteiger partial charge in [0.2, 0.25) is 0 Å². The molecule has 0 aliphatic heterocycles. The van der Waals surface area contributed by atoms with Crippen LogP contribution < -0.4 is 5.73 Å². The molecule has 1 heterocycles. The molecule has 0 aliphatic rings. The van der Waals surface area contributed by atoms with Crippen molar-refractivity contribution < 1.29 is 0 Å². The number of nitrogens with two attached hydrogens (primary N) is 1. The number of rotatable bonds is 4. The van der Waals surface area contributed by atoms with Gasteiger partial charge in [-0.2, -0.15) is 0 Å². The maximum atomic E-state index is 5.71. The van der Waals surface area contributed by atoms with E-state index >= 15 is 0 Å². The van der Waals surface area contributed by atoms with Crippen LogP contribution in [0.4, 0.5) is 0 Å². The van der Waals surface area contributed by atoms with Crippen molar-refractivity contribution in [3.63, 3.8) is 0 Å². The normalized spacial score (nSPS) is 11.8. The van der Waals surface area contributed by atoms with Crippen LogP contribution in [0.2, 0.25) is 0 Å². The lowest BCUT2D eigenvalue weighted by atomic mass is 9.91. The quantitative estimate of drug-likeness (QED) is 0.926. The van der Waals surface area contributed by atoms with E-state index in [2.05, 4.69) is 45.0 Å². The van der Waals surface area contributed by atoms with Crippen LogP contribution in [0.3, 0.4) is 0 Å². The van der Waals surface area contributed by atoms with Gasteiger partial charge in [0.15, 0.2) is 0 Å². The third-order valence-electron chi connectivity index (χ3n) is 3.02. The SMILES string of the molecule is CC(C)(C)c1nc(Cc2ccccc2)sc1CCN. The Morgan fingerprint density at radius 2 is 1.84 bits per heavy atom. The summed E-state index contributed by atoms with van der Waals surface area (Å²) < 4.78 is 0. The average molecular weight is 274 g/mol. The van der Waals surface area contributed by atoms with Crippen molar-refractivity contribution in [3.8, 4) is 0 Å². The molecule has 0 saturated carbocycles. The molecule has 2 N–H and O–H groups in total. The monoisotopic (exact) mass is 274 g/mol. The second-order valence-corrected chi connectivity index (χ2v) is 7.00. The van der Waals surface area contributed by atoms with Crippen LogP contribution in [-0.4, -0.2) is 11.5 Å². The lowest BCUT2D eigenvalue weighted by molar-refractivity contribution is 0.564. The van der Waals surface area contributed by atoms with E-state index in [4.69, 9.17) is 10.7 Å². The van der Waals surface area contributed by atoms with Gasteiger partial charge in [0.05, 0.1) is 10.7 Å². The van der Waals surface area contributed by atoms with Crippen LogP contribution in [0.1, 0.15) is 41.9 Å². The zero-order valence-electron chi connectivity index (χ0n) is 11.9. The van der Waals surface area contributed by atoms with E-state index in [1.165, 1.54) is 21.1 Å². The van der Waals surface area contributed by atoms with Gasteiger partial charge in [-0.1, -0.05) is 51.1 Å². The summed E-state index contributed by atoms with van der Waals surface area (Å²) in [5.74, 6) is 0. The molecule has 1 aromatic heterocycles.